The summed E-state index contributed by atoms with van der Waals surface area (Å²) in [4.78, 5) is 14.2. The molecule has 0 aliphatic rings. The Morgan fingerprint density at radius 3 is 2.39 bits per heavy atom. The second kappa shape index (κ2) is 7.52. The first kappa shape index (κ1) is 19.7. The van der Waals surface area contributed by atoms with Crippen LogP contribution in [0, 0.1) is 0 Å². The van der Waals surface area contributed by atoms with Gasteiger partial charge in [-0.3, -0.25) is 9.29 Å². The largest absolute Gasteiger partial charge is 0.347 e. The lowest BCUT2D eigenvalue weighted by molar-refractivity contribution is 0.552. The van der Waals surface area contributed by atoms with Gasteiger partial charge in [0.25, 0.3) is 10.0 Å². The van der Waals surface area contributed by atoms with Crippen molar-refractivity contribution in [2.24, 2.45) is 0 Å². The van der Waals surface area contributed by atoms with Crippen molar-refractivity contribution in [1.82, 2.24) is 9.55 Å². The van der Waals surface area contributed by atoms with Gasteiger partial charge in [-0.05, 0) is 42.0 Å². The average Bonchev–Trinajstić information content (AvgIpc) is 2.63. The summed E-state index contributed by atoms with van der Waals surface area (Å²) >= 11 is 0. The van der Waals surface area contributed by atoms with Crippen LogP contribution >= 0.6 is 0 Å². The molecule has 1 N–H and O–H groups in total. The molecule has 0 unspecified atom stereocenters. The average molecular weight is 423 g/mol. The highest BCUT2D eigenvalue weighted by atomic mass is 32.3. The molecule has 0 aliphatic heterocycles. The second-order valence-corrected chi connectivity index (χ2v) is 8.78. The molecule has 28 heavy (non-hydrogen) atoms. The van der Waals surface area contributed by atoms with Gasteiger partial charge in [0.2, 0.25) is 0 Å². The van der Waals surface area contributed by atoms with E-state index >= 15 is 0 Å². The Hall–Kier alpha value is -3.05. The zero-order valence-corrected chi connectivity index (χ0v) is 15.8. The lowest BCUT2D eigenvalue weighted by Gasteiger charge is -2.11. The van der Waals surface area contributed by atoms with Gasteiger partial charge in [-0.15, -0.1) is 3.89 Å². The summed E-state index contributed by atoms with van der Waals surface area (Å²) in [5.74, 6) is 0. The molecule has 0 spiro atoms. The van der Waals surface area contributed by atoms with Crippen molar-refractivity contribution < 1.29 is 20.7 Å². The second-order valence-electron chi connectivity index (χ2n) is 5.75. The summed E-state index contributed by atoms with van der Waals surface area (Å²) in [5, 5.41) is 0. The molecule has 1 heterocycles. The molecule has 3 aromatic rings. The first-order valence-electron chi connectivity index (χ1n) is 7.83. The topological polar surface area (TPSA) is 115 Å². The van der Waals surface area contributed by atoms with Crippen LogP contribution in [0.1, 0.15) is 5.56 Å². The summed E-state index contributed by atoms with van der Waals surface area (Å²) in [6.07, 6.45) is 2.92. The van der Waals surface area contributed by atoms with E-state index < -0.39 is 35.7 Å². The van der Waals surface area contributed by atoms with E-state index in [1.807, 2.05) is 0 Å². The SMILES string of the molecule is O=c1ncccn1Cc1cccc(NS(=O)(=O)c2cccc(S(=O)(=O)F)c2)c1. The molecular weight excluding hydrogens is 409 g/mol. The molecule has 0 saturated carbocycles. The first-order chi connectivity index (χ1) is 13.1. The maximum absolute atomic E-state index is 13.1. The highest BCUT2D eigenvalue weighted by molar-refractivity contribution is 7.92. The third-order valence-electron chi connectivity index (χ3n) is 3.71. The summed E-state index contributed by atoms with van der Waals surface area (Å²) in [6, 6.07) is 11.9. The van der Waals surface area contributed by atoms with Crippen LogP contribution in [-0.4, -0.2) is 26.4 Å². The number of aromatic nitrogens is 2. The molecule has 0 bridgehead atoms. The van der Waals surface area contributed by atoms with Gasteiger partial charge in [0.15, 0.2) is 0 Å². The Labute approximate surface area is 160 Å². The van der Waals surface area contributed by atoms with Crippen LogP contribution in [0.2, 0.25) is 0 Å². The van der Waals surface area contributed by atoms with E-state index in [2.05, 4.69) is 9.71 Å². The number of rotatable bonds is 6. The molecular formula is C17H14FN3O5S2. The van der Waals surface area contributed by atoms with E-state index in [1.165, 1.54) is 22.9 Å². The standard InChI is InChI=1S/C17H14FN3O5S2/c18-27(23,24)15-6-2-7-16(11-15)28(25,26)20-14-5-1-4-13(10-14)12-21-9-3-8-19-17(21)22/h1-11,20H,12H2. The molecule has 0 amide bonds. The van der Waals surface area contributed by atoms with Crippen LogP contribution in [0.4, 0.5) is 9.57 Å². The molecule has 0 fully saturated rings. The van der Waals surface area contributed by atoms with E-state index in [-0.39, 0.29) is 12.2 Å². The van der Waals surface area contributed by atoms with E-state index in [0.717, 1.165) is 24.3 Å². The van der Waals surface area contributed by atoms with E-state index in [9.17, 15) is 25.5 Å². The van der Waals surface area contributed by atoms with Gasteiger partial charge in [-0.2, -0.15) is 8.42 Å². The van der Waals surface area contributed by atoms with Crippen LogP contribution in [0.5, 0.6) is 0 Å². The normalized spacial score (nSPS) is 11.9. The number of hydrogen-bond acceptors (Lipinski definition) is 6. The highest BCUT2D eigenvalue weighted by Gasteiger charge is 2.19. The molecule has 146 valence electrons. The fourth-order valence-electron chi connectivity index (χ4n) is 2.44. The number of nitrogens with zero attached hydrogens (tertiary/aromatic N) is 2. The predicted molar refractivity (Wildman–Crippen MR) is 99.6 cm³/mol. The van der Waals surface area contributed by atoms with Crippen LogP contribution in [0.25, 0.3) is 0 Å². The number of sulfonamides is 1. The summed E-state index contributed by atoms with van der Waals surface area (Å²) < 4.78 is 63.8. The van der Waals surface area contributed by atoms with Gasteiger partial charge in [0.05, 0.1) is 16.3 Å². The van der Waals surface area contributed by atoms with Crippen LogP contribution in [0.3, 0.4) is 0 Å². The molecule has 0 atom stereocenters. The van der Waals surface area contributed by atoms with Crippen molar-refractivity contribution in [3.05, 3.63) is 83.0 Å². The third kappa shape index (κ3) is 4.61. The number of hydrogen-bond donors (Lipinski definition) is 1. The number of benzene rings is 2. The molecule has 8 nitrogen and oxygen atoms in total. The Morgan fingerprint density at radius 1 is 0.964 bits per heavy atom. The van der Waals surface area contributed by atoms with E-state index in [1.54, 1.807) is 24.4 Å². The van der Waals surface area contributed by atoms with Gasteiger partial charge in [-0.1, -0.05) is 18.2 Å². The summed E-state index contributed by atoms with van der Waals surface area (Å²) in [6.45, 7) is 0.178. The van der Waals surface area contributed by atoms with Crippen molar-refractivity contribution in [2.45, 2.75) is 16.3 Å². The van der Waals surface area contributed by atoms with Crippen LogP contribution < -0.4 is 10.4 Å². The lowest BCUT2D eigenvalue weighted by Crippen LogP contribution is -2.22. The fourth-order valence-corrected chi connectivity index (χ4v) is 4.12. The quantitative estimate of drug-likeness (QED) is 0.604. The van der Waals surface area contributed by atoms with Gasteiger partial charge in [0, 0.05) is 18.1 Å². The fraction of sp³-hybridized carbons (Fsp3) is 0.0588. The summed E-state index contributed by atoms with van der Waals surface area (Å²) in [7, 11) is -9.19. The zero-order valence-electron chi connectivity index (χ0n) is 14.2. The molecule has 3 rings (SSSR count). The maximum Gasteiger partial charge on any atom is 0.347 e. The van der Waals surface area contributed by atoms with E-state index in [4.69, 9.17) is 0 Å². The van der Waals surface area contributed by atoms with Crippen molar-refractivity contribution >= 4 is 25.9 Å². The lowest BCUT2D eigenvalue weighted by atomic mass is 10.2. The summed E-state index contributed by atoms with van der Waals surface area (Å²) in [5.41, 5.74) is 0.385. The number of nitrogens with one attached hydrogen (secondary N) is 1. The van der Waals surface area contributed by atoms with Crippen molar-refractivity contribution in [2.75, 3.05) is 4.72 Å². The maximum atomic E-state index is 13.1. The van der Waals surface area contributed by atoms with Crippen molar-refractivity contribution in [1.29, 1.82) is 0 Å². The Morgan fingerprint density at radius 2 is 1.68 bits per heavy atom. The Bertz CT molecular complexity index is 1290. The minimum atomic E-state index is -5.03. The van der Waals surface area contributed by atoms with Gasteiger partial charge in [0.1, 0.15) is 0 Å². The minimum Gasteiger partial charge on any atom is -0.295 e. The Balaban J connectivity index is 1.87. The van der Waals surface area contributed by atoms with Gasteiger partial charge >= 0.3 is 15.9 Å². The number of anilines is 1. The minimum absolute atomic E-state index is 0.178. The molecule has 2 aromatic carbocycles. The van der Waals surface area contributed by atoms with Crippen molar-refractivity contribution in [3.8, 4) is 0 Å². The number of halogens is 1. The molecule has 0 aliphatic carbocycles. The molecule has 0 saturated heterocycles. The molecule has 11 heteroatoms. The van der Waals surface area contributed by atoms with Crippen molar-refractivity contribution in [3.63, 3.8) is 0 Å². The smallest absolute Gasteiger partial charge is 0.295 e. The highest BCUT2D eigenvalue weighted by Crippen LogP contribution is 2.21. The predicted octanol–water partition coefficient (Wildman–Crippen LogP) is 1.75. The first-order valence-corrected chi connectivity index (χ1v) is 10.7. The van der Waals surface area contributed by atoms with Gasteiger partial charge < -0.3 is 0 Å². The molecule has 0 radical (unpaired) electrons. The van der Waals surface area contributed by atoms with Crippen LogP contribution in [0.15, 0.2) is 81.6 Å². The third-order valence-corrected chi connectivity index (χ3v) is 5.91. The van der Waals surface area contributed by atoms with Gasteiger partial charge in [-0.25, -0.2) is 18.2 Å². The monoisotopic (exact) mass is 423 g/mol. The molecule has 1 aromatic heterocycles. The Kier molecular flexibility index (Phi) is 5.29. The van der Waals surface area contributed by atoms with E-state index in [0.29, 0.717) is 5.56 Å². The zero-order chi connectivity index (χ0) is 20.4. The van der Waals surface area contributed by atoms with Crippen LogP contribution in [-0.2, 0) is 26.8 Å².